The van der Waals surface area contributed by atoms with Gasteiger partial charge in [0, 0.05) is 32.2 Å². The number of rotatable bonds is 5. The van der Waals surface area contributed by atoms with Gasteiger partial charge in [-0.25, -0.2) is 0 Å². The smallest absolute Gasteiger partial charge is 0.314 e. The molecule has 1 atom stereocenters. The molecule has 0 amide bonds. The molecular formula is C17H25F3N2. The van der Waals surface area contributed by atoms with E-state index in [1.807, 2.05) is 0 Å². The Kier molecular flexibility index (Phi) is 5.87. The summed E-state index contributed by atoms with van der Waals surface area (Å²) in [6.07, 6.45) is -2.19. The number of nitrogens with zero attached hydrogens (tertiary/aromatic N) is 1. The van der Waals surface area contributed by atoms with Gasteiger partial charge in [-0.15, -0.1) is 0 Å². The summed E-state index contributed by atoms with van der Waals surface area (Å²) in [5.74, 6) is 0.597. The maximum absolute atomic E-state index is 12.7. The number of hydrogen-bond acceptors (Lipinski definition) is 2. The molecule has 1 aliphatic rings. The predicted molar refractivity (Wildman–Crippen MR) is 82.7 cm³/mol. The second-order valence-electron chi connectivity index (χ2n) is 6.39. The standard InChI is InChI=1S/C17H25F3N2/c1-13(2)3-8-16(22-11-9-21-10-12-22)14-4-6-15(7-5-14)17(18,19)20/h4-7,13,16,21H,3,8-12H2,1-2H3/t16-/m1/s1. The van der Waals surface area contributed by atoms with Crippen molar-refractivity contribution in [2.45, 2.75) is 38.9 Å². The molecule has 0 radical (unpaired) electrons. The highest BCUT2D eigenvalue weighted by Gasteiger charge is 2.30. The molecule has 1 saturated heterocycles. The second kappa shape index (κ2) is 7.47. The van der Waals surface area contributed by atoms with Gasteiger partial charge >= 0.3 is 6.18 Å². The molecular weight excluding hydrogens is 289 g/mol. The van der Waals surface area contributed by atoms with Crippen LogP contribution in [0.3, 0.4) is 0 Å². The van der Waals surface area contributed by atoms with E-state index in [1.165, 1.54) is 12.1 Å². The van der Waals surface area contributed by atoms with Gasteiger partial charge < -0.3 is 5.32 Å². The molecule has 2 rings (SSSR count). The van der Waals surface area contributed by atoms with Gasteiger partial charge in [-0.2, -0.15) is 13.2 Å². The quantitative estimate of drug-likeness (QED) is 0.880. The summed E-state index contributed by atoms with van der Waals surface area (Å²) >= 11 is 0. The first-order valence-electron chi connectivity index (χ1n) is 8.00. The Morgan fingerprint density at radius 3 is 2.14 bits per heavy atom. The summed E-state index contributed by atoms with van der Waals surface area (Å²) in [7, 11) is 0. The van der Waals surface area contributed by atoms with Crippen LogP contribution in [0.15, 0.2) is 24.3 Å². The second-order valence-corrected chi connectivity index (χ2v) is 6.39. The maximum atomic E-state index is 12.7. The first-order chi connectivity index (χ1) is 10.4. The SMILES string of the molecule is CC(C)CC[C@H](c1ccc(C(F)(F)F)cc1)N1CCNCC1. The molecule has 22 heavy (non-hydrogen) atoms. The summed E-state index contributed by atoms with van der Waals surface area (Å²) in [5, 5.41) is 3.32. The fraction of sp³-hybridized carbons (Fsp3) is 0.647. The molecule has 1 aliphatic heterocycles. The van der Waals surface area contributed by atoms with Crippen molar-refractivity contribution in [3.8, 4) is 0 Å². The molecule has 0 aromatic heterocycles. The molecule has 0 unspecified atom stereocenters. The van der Waals surface area contributed by atoms with Crippen LogP contribution in [0.25, 0.3) is 0 Å². The Balaban J connectivity index is 2.16. The van der Waals surface area contributed by atoms with Crippen LogP contribution < -0.4 is 5.32 Å². The monoisotopic (exact) mass is 314 g/mol. The van der Waals surface area contributed by atoms with Crippen LogP contribution in [0.5, 0.6) is 0 Å². The lowest BCUT2D eigenvalue weighted by atomic mass is 9.95. The van der Waals surface area contributed by atoms with Crippen molar-refractivity contribution in [1.29, 1.82) is 0 Å². The highest BCUT2D eigenvalue weighted by atomic mass is 19.4. The van der Waals surface area contributed by atoms with Crippen molar-refractivity contribution < 1.29 is 13.2 Å². The fourth-order valence-electron chi connectivity index (χ4n) is 2.94. The zero-order chi connectivity index (χ0) is 16.2. The van der Waals surface area contributed by atoms with Crippen LogP contribution in [-0.4, -0.2) is 31.1 Å². The van der Waals surface area contributed by atoms with Gasteiger partial charge in [0.2, 0.25) is 0 Å². The minimum atomic E-state index is -4.26. The van der Waals surface area contributed by atoms with Gasteiger partial charge in [0.15, 0.2) is 0 Å². The van der Waals surface area contributed by atoms with Crippen molar-refractivity contribution in [3.63, 3.8) is 0 Å². The molecule has 0 spiro atoms. The van der Waals surface area contributed by atoms with E-state index in [4.69, 9.17) is 0 Å². The lowest BCUT2D eigenvalue weighted by molar-refractivity contribution is -0.137. The number of nitrogens with one attached hydrogen (secondary N) is 1. The van der Waals surface area contributed by atoms with Gasteiger partial charge in [-0.05, 0) is 36.5 Å². The number of hydrogen-bond donors (Lipinski definition) is 1. The molecule has 0 bridgehead atoms. The first kappa shape index (κ1) is 17.3. The first-order valence-corrected chi connectivity index (χ1v) is 8.00. The molecule has 0 aliphatic carbocycles. The average molecular weight is 314 g/mol. The molecule has 1 aromatic carbocycles. The van der Waals surface area contributed by atoms with Gasteiger partial charge in [0.25, 0.3) is 0 Å². The molecule has 1 aromatic rings. The van der Waals surface area contributed by atoms with E-state index in [2.05, 4.69) is 24.1 Å². The van der Waals surface area contributed by atoms with Crippen LogP contribution in [0, 0.1) is 5.92 Å². The van der Waals surface area contributed by atoms with E-state index < -0.39 is 11.7 Å². The minimum Gasteiger partial charge on any atom is -0.314 e. The van der Waals surface area contributed by atoms with Crippen LogP contribution in [0.2, 0.25) is 0 Å². The molecule has 124 valence electrons. The van der Waals surface area contributed by atoms with Gasteiger partial charge in [-0.1, -0.05) is 26.0 Å². The number of halogens is 3. The zero-order valence-corrected chi connectivity index (χ0v) is 13.3. The van der Waals surface area contributed by atoms with E-state index in [9.17, 15) is 13.2 Å². The van der Waals surface area contributed by atoms with E-state index in [0.717, 1.165) is 44.6 Å². The van der Waals surface area contributed by atoms with Crippen LogP contribution in [0.4, 0.5) is 13.2 Å². The summed E-state index contributed by atoms with van der Waals surface area (Å²) in [5.41, 5.74) is 0.426. The van der Waals surface area contributed by atoms with Crippen LogP contribution in [0.1, 0.15) is 43.9 Å². The Hall–Kier alpha value is -1.07. The number of piperazine rings is 1. The van der Waals surface area contributed by atoms with Crippen LogP contribution in [-0.2, 0) is 6.18 Å². The number of alkyl halides is 3. The average Bonchev–Trinajstić information content (AvgIpc) is 2.48. The molecule has 5 heteroatoms. The minimum absolute atomic E-state index is 0.215. The normalized spacial score (nSPS) is 18.6. The van der Waals surface area contributed by atoms with Crippen molar-refractivity contribution in [3.05, 3.63) is 35.4 Å². The third-order valence-corrected chi connectivity index (χ3v) is 4.23. The summed E-state index contributed by atoms with van der Waals surface area (Å²) in [6, 6.07) is 5.93. The van der Waals surface area contributed by atoms with E-state index in [1.54, 1.807) is 12.1 Å². The predicted octanol–water partition coefficient (Wildman–Crippen LogP) is 4.09. The molecule has 2 nitrogen and oxygen atoms in total. The Labute approximate surface area is 130 Å². The van der Waals surface area contributed by atoms with Crippen molar-refractivity contribution in [2.24, 2.45) is 5.92 Å². The Bertz CT molecular complexity index is 448. The molecule has 0 saturated carbocycles. The lowest BCUT2D eigenvalue weighted by Crippen LogP contribution is -2.45. The fourth-order valence-corrected chi connectivity index (χ4v) is 2.94. The summed E-state index contributed by atoms with van der Waals surface area (Å²) < 4.78 is 38.1. The highest BCUT2D eigenvalue weighted by Crippen LogP contribution is 2.32. The van der Waals surface area contributed by atoms with Crippen LogP contribution >= 0.6 is 0 Å². The highest BCUT2D eigenvalue weighted by molar-refractivity contribution is 5.27. The maximum Gasteiger partial charge on any atom is 0.416 e. The third-order valence-electron chi connectivity index (χ3n) is 4.23. The molecule has 1 N–H and O–H groups in total. The van der Waals surface area contributed by atoms with E-state index >= 15 is 0 Å². The van der Waals surface area contributed by atoms with Crippen molar-refractivity contribution in [2.75, 3.05) is 26.2 Å². The van der Waals surface area contributed by atoms with Gasteiger partial charge in [0.1, 0.15) is 0 Å². The zero-order valence-electron chi connectivity index (χ0n) is 13.3. The Morgan fingerprint density at radius 1 is 1.05 bits per heavy atom. The van der Waals surface area contributed by atoms with Gasteiger partial charge in [-0.3, -0.25) is 4.90 Å². The number of benzene rings is 1. The summed E-state index contributed by atoms with van der Waals surface area (Å²) in [4.78, 5) is 2.39. The van der Waals surface area contributed by atoms with Crippen molar-refractivity contribution >= 4 is 0 Å². The van der Waals surface area contributed by atoms with E-state index in [-0.39, 0.29) is 6.04 Å². The largest absolute Gasteiger partial charge is 0.416 e. The summed E-state index contributed by atoms with van der Waals surface area (Å²) in [6.45, 7) is 8.15. The molecule has 1 heterocycles. The van der Waals surface area contributed by atoms with Crippen molar-refractivity contribution in [1.82, 2.24) is 10.2 Å². The molecule has 1 fully saturated rings. The van der Waals surface area contributed by atoms with E-state index in [0.29, 0.717) is 5.92 Å². The van der Waals surface area contributed by atoms with Gasteiger partial charge in [0.05, 0.1) is 5.56 Å². The topological polar surface area (TPSA) is 15.3 Å². The lowest BCUT2D eigenvalue weighted by Gasteiger charge is -2.35. The third kappa shape index (κ3) is 4.71. The Morgan fingerprint density at radius 2 is 1.64 bits per heavy atom.